The van der Waals surface area contributed by atoms with E-state index in [1.54, 1.807) is 0 Å². The first-order valence-electron chi connectivity index (χ1n) is 4.12. The molecule has 1 aliphatic rings. The van der Waals surface area contributed by atoms with Gasteiger partial charge in [-0.25, -0.2) is 4.57 Å². The summed E-state index contributed by atoms with van der Waals surface area (Å²) >= 11 is 0. The summed E-state index contributed by atoms with van der Waals surface area (Å²) in [4.78, 5) is 0. The predicted molar refractivity (Wildman–Crippen MR) is 43.6 cm³/mol. The van der Waals surface area contributed by atoms with E-state index in [4.69, 9.17) is 0 Å². The lowest BCUT2D eigenvalue weighted by Gasteiger charge is -2.35. The van der Waals surface area contributed by atoms with Crippen molar-refractivity contribution >= 4 is 7.91 Å². The SMILES string of the molecule is CCC1(CC)COP(=O)(F)OC1. The fourth-order valence-electron chi connectivity index (χ4n) is 1.17. The third-order valence-electron chi connectivity index (χ3n) is 2.55. The topological polar surface area (TPSA) is 35.5 Å². The lowest BCUT2D eigenvalue weighted by molar-refractivity contribution is -0.000922. The third kappa shape index (κ3) is 2.06. The molecule has 72 valence electrons. The highest BCUT2D eigenvalue weighted by Crippen LogP contribution is 2.56. The van der Waals surface area contributed by atoms with Gasteiger partial charge in [0.25, 0.3) is 0 Å². The van der Waals surface area contributed by atoms with Crippen molar-refractivity contribution < 1.29 is 17.8 Å². The van der Waals surface area contributed by atoms with Crippen molar-refractivity contribution in [3.05, 3.63) is 0 Å². The second-order valence-corrected chi connectivity index (χ2v) is 4.56. The van der Waals surface area contributed by atoms with Crippen molar-refractivity contribution in [1.29, 1.82) is 0 Å². The minimum absolute atomic E-state index is 0.139. The van der Waals surface area contributed by atoms with Crippen molar-refractivity contribution in [3.8, 4) is 0 Å². The smallest absolute Gasteiger partial charge is 0.283 e. The average molecular weight is 196 g/mol. The maximum Gasteiger partial charge on any atom is 0.513 e. The standard InChI is InChI=1S/C7H14FO3P/c1-3-7(4-2)5-10-12(8,9)11-6-7/h3-6H2,1-2H3. The summed E-state index contributed by atoms with van der Waals surface area (Å²) in [7, 11) is -4.19. The number of rotatable bonds is 2. The van der Waals surface area contributed by atoms with Gasteiger partial charge in [0.1, 0.15) is 0 Å². The van der Waals surface area contributed by atoms with Gasteiger partial charge in [0.05, 0.1) is 13.2 Å². The van der Waals surface area contributed by atoms with Crippen LogP contribution in [0.4, 0.5) is 4.20 Å². The van der Waals surface area contributed by atoms with Crippen LogP contribution in [0.15, 0.2) is 0 Å². The zero-order valence-corrected chi connectivity index (χ0v) is 8.27. The average Bonchev–Trinajstić information content (AvgIpc) is 2.06. The van der Waals surface area contributed by atoms with Gasteiger partial charge in [0.15, 0.2) is 0 Å². The Labute approximate surface area is 71.9 Å². The van der Waals surface area contributed by atoms with Gasteiger partial charge in [-0.15, -0.1) is 4.20 Å². The van der Waals surface area contributed by atoms with E-state index in [1.807, 2.05) is 13.8 Å². The minimum atomic E-state index is -4.19. The Balaban J connectivity index is 2.59. The van der Waals surface area contributed by atoms with Crippen LogP contribution in [0, 0.1) is 5.41 Å². The van der Waals surface area contributed by atoms with Crippen LogP contribution in [-0.4, -0.2) is 13.2 Å². The second kappa shape index (κ2) is 3.44. The van der Waals surface area contributed by atoms with Crippen LogP contribution >= 0.6 is 7.91 Å². The van der Waals surface area contributed by atoms with E-state index in [1.165, 1.54) is 0 Å². The molecule has 0 saturated carbocycles. The Morgan fingerprint density at radius 1 is 1.33 bits per heavy atom. The zero-order chi connectivity index (χ0) is 9.24. The molecule has 0 aromatic carbocycles. The quantitative estimate of drug-likeness (QED) is 0.637. The summed E-state index contributed by atoms with van der Waals surface area (Å²) in [5, 5.41) is 0. The first kappa shape index (κ1) is 10.2. The van der Waals surface area contributed by atoms with Crippen molar-refractivity contribution in [1.82, 2.24) is 0 Å². The van der Waals surface area contributed by atoms with Crippen LogP contribution in [0.25, 0.3) is 0 Å². The zero-order valence-electron chi connectivity index (χ0n) is 7.38. The van der Waals surface area contributed by atoms with Gasteiger partial charge in [-0.2, -0.15) is 0 Å². The summed E-state index contributed by atoms with van der Waals surface area (Å²) in [6.45, 7) is 4.39. The summed E-state index contributed by atoms with van der Waals surface area (Å²) in [6.07, 6.45) is 1.70. The minimum Gasteiger partial charge on any atom is -0.283 e. The van der Waals surface area contributed by atoms with E-state index in [0.29, 0.717) is 0 Å². The van der Waals surface area contributed by atoms with E-state index in [0.717, 1.165) is 12.8 Å². The molecule has 1 fully saturated rings. The van der Waals surface area contributed by atoms with Crippen LogP contribution in [0.1, 0.15) is 26.7 Å². The molecule has 0 aromatic heterocycles. The highest BCUT2D eigenvalue weighted by Gasteiger charge is 2.40. The van der Waals surface area contributed by atoms with Gasteiger partial charge in [-0.3, -0.25) is 9.05 Å². The Morgan fingerprint density at radius 3 is 2.08 bits per heavy atom. The molecule has 1 aliphatic heterocycles. The maximum absolute atomic E-state index is 12.6. The molecule has 0 bridgehead atoms. The molecule has 5 heteroatoms. The molecule has 0 spiro atoms. The van der Waals surface area contributed by atoms with Gasteiger partial charge in [0, 0.05) is 5.41 Å². The molecule has 0 aromatic rings. The lowest BCUT2D eigenvalue weighted by Crippen LogP contribution is -2.33. The van der Waals surface area contributed by atoms with Crippen LogP contribution in [-0.2, 0) is 13.6 Å². The van der Waals surface area contributed by atoms with E-state index in [-0.39, 0.29) is 18.6 Å². The Bertz CT molecular complexity index is 189. The molecule has 1 saturated heterocycles. The highest BCUT2D eigenvalue weighted by atomic mass is 31.2. The monoisotopic (exact) mass is 196 g/mol. The molecule has 12 heavy (non-hydrogen) atoms. The molecule has 0 radical (unpaired) electrons. The molecule has 1 rings (SSSR count). The highest BCUT2D eigenvalue weighted by molar-refractivity contribution is 7.48. The molecule has 0 unspecified atom stereocenters. The number of hydrogen-bond acceptors (Lipinski definition) is 3. The van der Waals surface area contributed by atoms with Gasteiger partial charge >= 0.3 is 7.91 Å². The molecular formula is C7H14FO3P. The Kier molecular flexibility index (Phi) is 2.92. The molecule has 0 amide bonds. The van der Waals surface area contributed by atoms with Crippen LogP contribution in [0.3, 0.4) is 0 Å². The molecule has 0 N–H and O–H groups in total. The Hall–Kier alpha value is 0.0800. The van der Waals surface area contributed by atoms with Gasteiger partial charge in [0.2, 0.25) is 0 Å². The molecule has 1 heterocycles. The Morgan fingerprint density at radius 2 is 1.75 bits per heavy atom. The van der Waals surface area contributed by atoms with Gasteiger partial charge in [-0.1, -0.05) is 13.8 Å². The maximum atomic E-state index is 12.6. The second-order valence-electron chi connectivity index (χ2n) is 3.18. The molecule has 0 atom stereocenters. The summed E-state index contributed by atoms with van der Waals surface area (Å²) in [6, 6.07) is 0. The van der Waals surface area contributed by atoms with Crippen molar-refractivity contribution in [2.45, 2.75) is 26.7 Å². The first-order chi connectivity index (χ1) is 5.54. The van der Waals surface area contributed by atoms with Crippen LogP contribution in [0.5, 0.6) is 0 Å². The van der Waals surface area contributed by atoms with Crippen LogP contribution < -0.4 is 0 Å². The van der Waals surface area contributed by atoms with E-state index in [2.05, 4.69) is 9.05 Å². The predicted octanol–water partition coefficient (Wildman–Crippen LogP) is 2.92. The number of halogens is 1. The van der Waals surface area contributed by atoms with Gasteiger partial charge in [-0.05, 0) is 12.8 Å². The summed E-state index contributed by atoms with van der Waals surface area (Å²) in [5.74, 6) is 0. The normalized spacial score (nSPS) is 26.9. The third-order valence-corrected chi connectivity index (χ3v) is 3.42. The largest absolute Gasteiger partial charge is 0.513 e. The fourth-order valence-corrected chi connectivity index (χ4v) is 2.10. The van der Waals surface area contributed by atoms with E-state index >= 15 is 0 Å². The first-order valence-corrected chi connectivity index (χ1v) is 5.56. The van der Waals surface area contributed by atoms with Crippen molar-refractivity contribution in [3.63, 3.8) is 0 Å². The fraction of sp³-hybridized carbons (Fsp3) is 1.00. The summed E-state index contributed by atoms with van der Waals surface area (Å²) in [5.41, 5.74) is -0.139. The van der Waals surface area contributed by atoms with Crippen LogP contribution in [0.2, 0.25) is 0 Å². The van der Waals surface area contributed by atoms with E-state index in [9.17, 15) is 8.76 Å². The lowest BCUT2D eigenvalue weighted by atomic mass is 9.84. The molecule has 0 aliphatic carbocycles. The molecule has 3 nitrogen and oxygen atoms in total. The van der Waals surface area contributed by atoms with E-state index < -0.39 is 7.91 Å². The number of hydrogen-bond donors (Lipinski definition) is 0. The molecular weight excluding hydrogens is 182 g/mol. The van der Waals surface area contributed by atoms with Crippen molar-refractivity contribution in [2.24, 2.45) is 5.41 Å². The van der Waals surface area contributed by atoms with Crippen molar-refractivity contribution in [2.75, 3.05) is 13.2 Å². The summed E-state index contributed by atoms with van der Waals surface area (Å²) < 4.78 is 32.3. The van der Waals surface area contributed by atoms with Gasteiger partial charge < -0.3 is 0 Å².